The van der Waals surface area contributed by atoms with Crippen LogP contribution < -0.4 is 5.32 Å². The van der Waals surface area contributed by atoms with E-state index in [0.717, 1.165) is 12.8 Å². The molecule has 65 valence electrons. The van der Waals surface area contributed by atoms with E-state index in [1.807, 2.05) is 0 Å². The number of halogens is 3. The van der Waals surface area contributed by atoms with Crippen LogP contribution in [0, 0.1) is 0 Å². The zero-order valence-corrected chi connectivity index (χ0v) is 5.90. The normalized spacial score (nSPS) is 27.0. The van der Waals surface area contributed by atoms with E-state index >= 15 is 0 Å². The molecule has 0 bridgehead atoms. The minimum Gasteiger partial charge on any atom is -0.272 e. The molecule has 0 spiro atoms. The molecule has 1 atom stereocenters. The lowest BCUT2D eigenvalue weighted by molar-refractivity contribution is -0.348. The van der Waals surface area contributed by atoms with E-state index in [4.69, 9.17) is 0 Å². The molecular weight excluding hydrogens is 159 g/mol. The standard InChI is InChI=1S/C6H9F3NO/c7-6(8,9)11-5-3-1-2-4-10-5/h5H,1-4H2. The van der Waals surface area contributed by atoms with Crippen molar-refractivity contribution in [1.29, 1.82) is 0 Å². The van der Waals surface area contributed by atoms with E-state index in [-0.39, 0.29) is 0 Å². The summed E-state index contributed by atoms with van der Waals surface area (Å²) in [4.78, 5) is 0. The molecule has 0 amide bonds. The molecule has 0 aromatic rings. The molecule has 0 aromatic carbocycles. The van der Waals surface area contributed by atoms with Crippen molar-refractivity contribution >= 4 is 0 Å². The van der Waals surface area contributed by atoms with Crippen molar-refractivity contribution in [3.8, 4) is 0 Å². The van der Waals surface area contributed by atoms with Crippen molar-refractivity contribution in [2.24, 2.45) is 0 Å². The van der Waals surface area contributed by atoms with Gasteiger partial charge in [-0.3, -0.25) is 4.74 Å². The average Bonchev–Trinajstić information content (AvgIpc) is 1.85. The highest BCUT2D eigenvalue weighted by Gasteiger charge is 2.34. The number of piperidine rings is 1. The lowest BCUT2D eigenvalue weighted by atomic mass is 10.1. The van der Waals surface area contributed by atoms with Crippen LogP contribution in [0.15, 0.2) is 0 Å². The van der Waals surface area contributed by atoms with Gasteiger partial charge in [-0.05, 0) is 19.3 Å². The molecule has 1 radical (unpaired) electrons. The molecule has 2 nitrogen and oxygen atoms in total. The zero-order chi connectivity index (χ0) is 8.32. The Morgan fingerprint density at radius 1 is 1.27 bits per heavy atom. The van der Waals surface area contributed by atoms with Crippen molar-refractivity contribution in [3.63, 3.8) is 0 Å². The second kappa shape index (κ2) is 3.40. The summed E-state index contributed by atoms with van der Waals surface area (Å²) in [6, 6.07) is 0. The molecule has 1 aliphatic rings. The number of alkyl halides is 3. The van der Waals surface area contributed by atoms with E-state index in [1.165, 1.54) is 0 Å². The molecule has 1 saturated heterocycles. The van der Waals surface area contributed by atoms with Gasteiger partial charge in [0.1, 0.15) is 6.23 Å². The van der Waals surface area contributed by atoms with E-state index in [1.54, 1.807) is 0 Å². The smallest absolute Gasteiger partial charge is 0.272 e. The van der Waals surface area contributed by atoms with Crippen molar-refractivity contribution in [2.45, 2.75) is 31.9 Å². The molecule has 0 aromatic heterocycles. The minimum absolute atomic E-state index is 0.388. The number of hydrogen-bond acceptors (Lipinski definition) is 1. The molecule has 5 heteroatoms. The third kappa shape index (κ3) is 3.57. The van der Waals surface area contributed by atoms with Crippen molar-refractivity contribution in [1.82, 2.24) is 5.32 Å². The zero-order valence-electron chi connectivity index (χ0n) is 5.90. The van der Waals surface area contributed by atoms with Crippen LogP contribution in [0.2, 0.25) is 0 Å². The van der Waals surface area contributed by atoms with Gasteiger partial charge in [0.2, 0.25) is 0 Å². The summed E-state index contributed by atoms with van der Waals surface area (Å²) in [6.45, 7) is 0.487. The lowest BCUT2D eigenvalue weighted by Crippen LogP contribution is -2.35. The Kier molecular flexibility index (Phi) is 2.72. The van der Waals surface area contributed by atoms with Gasteiger partial charge in [-0.1, -0.05) is 0 Å². The highest BCUT2D eigenvalue weighted by atomic mass is 19.4. The Labute approximate surface area is 62.7 Å². The van der Waals surface area contributed by atoms with Gasteiger partial charge < -0.3 is 0 Å². The maximum atomic E-state index is 11.6. The molecule has 1 heterocycles. The third-order valence-corrected chi connectivity index (χ3v) is 1.46. The van der Waals surface area contributed by atoms with Gasteiger partial charge >= 0.3 is 6.36 Å². The van der Waals surface area contributed by atoms with E-state index in [0.29, 0.717) is 13.0 Å². The van der Waals surface area contributed by atoms with Crippen molar-refractivity contribution < 1.29 is 17.9 Å². The van der Waals surface area contributed by atoms with Crippen LogP contribution in [-0.2, 0) is 4.74 Å². The van der Waals surface area contributed by atoms with Gasteiger partial charge in [-0.2, -0.15) is 0 Å². The maximum Gasteiger partial charge on any atom is 0.524 e. The molecule has 1 rings (SSSR count). The van der Waals surface area contributed by atoms with Gasteiger partial charge in [0.05, 0.1) is 0 Å². The van der Waals surface area contributed by atoms with Crippen LogP contribution in [0.3, 0.4) is 0 Å². The molecule has 1 fully saturated rings. The Morgan fingerprint density at radius 2 is 2.00 bits per heavy atom. The molecule has 1 aliphatic heterocycles. The Balaban J connectivity index is 2.24. The van der Waals surface area contributed by atoms with E-state index in [9.17, 15) is 13.2 Å². The minimum atomic E-state index is -4.54. The molecule has 0 N–H and O–H groups in total. The highest BCUT2D eigenvalue weighted by molar-refractivity contribution is 4.63. The number of ether oxygens (including phenoxy) is 1. The second-order valence-electron chi connectivity index (χ2n) is 2.42. The first-order chi connectivity index (χ1) is 5.08. The Hall–Kier alpha value is -0.290. The fourth-order valence-electron chi connectivity index (χ4n) is 1.01. The third-order valence-electron chi connectivity index (χ3n) is 1.46. The molecule has 1 unspecified atom stereocenters. The summed E-state index contributed by atoms with van der Waals surface area (Å²) < 4.78 is 38.4. The predicted octanol–water partition coefficient (Wildman–Crippen LogP) is 1.64. The number of nitrogens with zero attached hydrogens (tertiary/aromatic N) is 1. The lowest BCUT2D eigenvalue weighted by Gasteiger charge is -2.22. The fraction of sp³-hybridized carbons (Fsp3) is 1.00. The summed E-state index contributed by atoms with van der Waals surface area (Å²) in [5.74, 6) is 0. The number of hydrogen-bond donors (Lipinski definition) is 0. The summed E-state index contributed by atoms with van der Waals surface area (Å²) in [6.07, 6.45) is -3.46. The summed E-state index contributed by atoms with van der Waals surface area (Å²) in [5, 5.41) is 3.67. The van der Waals surface area contributed by atoms with Crippen LogP contribution in [0.1, 0.15) is 19.3 Å². The topological polar surface area (TPSA) is 23.3 Å². The first-order valence-electron chi connectivity index (χ1n) is 3.49. The van der Waals surface area contributed by atoms with Gasteiger partial charge in [0.25, 0.3) is 0 Å². The first-order valence-corrected chi connectivity index (χ1v) is 3.49. The average molecular weight is 168 g/mol. The predicted molar refractivity (Wildman–Crippen MR) is 31.8 cm³/mol. The van der Waals surface area contributed by atoms with E-state index < -0.39 is 12.6 Å². The summed E-state index contributed by atoms with van der Waals surface area (Å²) in [7, 11) is 0. The maximum absolute atomic E-state index is 11.6. The fourth-order valence-corrected chi connectivity index (χ4v) is 1.01. The number of rotatable bonds is 1. The second-order valence-corrected chi connectivity index (χ2v) is 2.42. The van der Waals surface area contributed by atoms with Gasteiger partial charge in [0, 0.05) is 6.54 Å². The Morgan fingerprint density at radius 3 is 2.45 bits per heavy atom. The quantitative estimate of drug-likeness (QED) is 0.583. The molecule has 11 heavy (non-hydrogen) atoms. The van der Waals surface area contributed by atoms with Crippen LogP contribution in [0.25, 0.3) is 0 Å². The van der Waals surface area contributed by atoms with Gasteiger partial charge in [-0.25, -0.2) is 5.32 Å². The highest BCUT2D eigenvalue weighted by Crippen LogP contribution is 2.22. The molecular formula is C6H9F3NO. The Bertz CT molecular complexity index is 119. The summed E-state index contributed by atoms with van der Waals surface area (Å²) >= 11 is 0. The molecule has 0 aliphatic carbocycles. The van der Waals surface area contributed by atoms with Gasteiger partial charge in [-0.15, -0.1) is 13.2 Å². The van der Waals surface area contributed by atoms with E-state index in [2.05, 4.69) is 10.1 Å². The largest absolute Gasteiger partial charge is 0.524 e. The molecule has 0 saturated carbocycles. The monoisotopic (exact) mass is 168 g/mol. The first kappa shape index (κ1) is 8.80. The SMILES string of the molecule is FC(F)(F)OC1CCCC[N]1. The summed E-state index contributed by atoms with van der Waals surface area (Å²) in [5.41, 5.74) is 0. The van der Waals surface area contributed by atoms with Crippen LogP contribution >= 0.6 is 0 Å². The van der Waals surface area contributed by atoms with Gasteiger partial charge in [0.15, 0.2) is 0 Å². The van der Waals surface area contributed by atoms with Crippen LogP contribution in [-0.4, -0.2) is 19.1 Å². The van der Waals surface area contributed by atoms with Crippen LogP contribution in [0.4, 0.5) is 13.2 Å². The van der Waals surface area contributed by atoms with Crippen molar-refractivity contribution in [2.75, 3.05) is 6.54 Å². The van der Waals surface area contributed by atoms with Crippen molar-refractivity contribution in [3.05, 3.63) is 0 Å². The van der Waals surface area contributed by atoms with Crippen LogP contribution in [0.5, 0.6) is 0 Å².